The molecule has 6 N–H and O–H groups in total. The lowest BCUT2D eigenvalue weighted by Gasteiger charge is -2.27. The molecule has 158 valence electrons. The fourth-order valence-corrected chi connectivity index (χ4v) is 3.64. The molecule has 4 rings (SSSR count). The van der Waals surface area contributed by atoms with E-state index < -0.39 is 35.8 Å². The number of ether oxygens (including phenoxy) is 1. The molecule has 4 heterocycles. The summed E-state index contributed by atoms with van der Waals surface area (Å²) in [6.07, 6.45) is -3.66. The molecular weight excluding hydrogens is 386 g/mol. The number of carbonyl (C=O) groups excluding carboxylic acids is 1. The largest absolute Gasteiger partial charge is 0.387 e. The minimum atomic E-state index is -1.41. The van der Waals surface area contributed by atoms with Crippen molar-refractivity contribution in [2.45, 2.75) is 24.5 Å². The number of hydrogen-bond acceptors (Lipinski definition) is 9. The van der Waals surface area contributed by atoms with Gasteiger partial charge < -0.3 is 35.5 Å². The standard InChI is InChI=1S/C16H23N7O6/c24-9(22-3-1-17-2-4-22)6-18-5-8-11(25)12(26)15(29-8)23-13-10(21-16(23)28)14(27)20-7-19-13/h7-8,11-12,15,17-18,25-26H,1-6H2,(H,21,28)(H,19,20,27)/t8-,11-,12-,15-/m1/s1. The Labute approximate surface area is 163 Å². The Morgan fingerprint density at radius 1 is 1.28 bits per heavy atom. The van der Waals surface area contributed by atoms with Crippen molar-refractivity contribution in [2.24, 2.45) is 0 Å². The zero-order valence-corrected chi connectivity index (χ0v) is 15.5. The van der Waals surface area contributed by atoms with E-state index in [4.69, 9.17) is 4.74 Å². The SMILES string of the molecule is O=C(CNC[C@H]1O[C@@H](n2c(=O)[nH]c3c(=O)[nH]cnc32)[C@H](O)[C@@H]1O)N1CCNCC1. The zero-order chi connectivity index (χ0) is 20.5. The third kappa shape index (κ3) is 3.70. The number of nitrogens with one attached hydrogen (secondary N) is 4. The van der Waals surface area contributed by atoms with E-state index in [1.165, 1.54) is 0 Å². The predicted molar refractivity (Wildman–Crippen MR) is 99.2 cm³/mol. The number of imidazole rings is 1. The topological polar surface area (TPSA) is 178 Å². The molecule has 13 nitrogen and oxygen atoms in total. The Balaban J connectivity index is 1.43. The van der Waals surface area contributed by atoms with E-state index in [9.17, 15) is 24.6 Å². The molecule has 0 aliphatic carbocycles. The Bertz CT molecular complexity index is 994. The first-order chi connectivity index (χ1) is 14.0. The van der Waals surface area contributed by atoms with E-state index in [1.54, 1.807) is 4.90 Å². The molecule has 2 saturated heterocycles. The summed E-state index contributed by atoms with van der Waals surface area (Å²) in [5, 5.41) is 26.8. The van der Waals surface area contributed by atoms with Crippen LogP contribution in [0.5, 0.6) is 0 Å². The van der Waals surface area contributed by atoms with E-state index in [0.29, 0.717) is 13.1 Å². The van der Waals surface area contributed by atoms with Gasteiger partial charge in [-0.15, -0.1) is 0 Å². The number of amides is 1. The summed E-state index contributed by atoms with van der Waals surface area (Å²) in [6, 6.07) is 0. The number of piperazine rings is 1. The Morgan fingerprint density at radius 2 is 2.03 bits per heavy atom. The van der Waals surface area contributed by atoms with Crippen molar-refractivity contribution in [3.05, 3.63) is 27.2 Å². The summed E-state index contributed by atoms with van der Waals surface area (Å²) in [5.41, 5.74) is -1.27. The average molecular weight is 409 g/mol. The highest BCUT2D eigenvalue weighted by molar-refractivity contribution is 5.78. The first-order valence-electron chi connectivity index (χ1n) is 9.36. The van der Waals surface area contributed by atoms with Gasteiger partial charge in [-0.3, -0.25) is 14.6 Å². The van der Waals surface area contributed by atoms with Gasteiger partial charge in [0.25, 0.3) is 5.56 Å². The molecule has 29 heavy (non-hydrogen) atoms. The average Bonchev–Trinajstić information content (AvgIpc) is 3.20. The van der Waals surface area contributed by atoms with Crippen molar-refractivity contribution in [3.63, 3.8) is 0 Å². The van der Waals surface area contributed by atoms with Crippen molar-refractivity contribution in [3.8, 4) is 0 Å². The van der Waals surface area contributed by atoms with E-state index >= 15 is 0 Å². The van der Waals surface area contributed by atoms with Crippen LogP contribution in [0.4, 0.5) is 0 Å². The van der Waals surface area contributed by atoms with E-state index in [1.807, 2.05) is 0 Å². The highest BCUT2D eigenvalue weighted by Crippen LogP contribution is 2.29. The monoisotopic (exact) mass is 409 g/mol. The number of aromatic nitrogens is 4. The highest BCUT2D eigenvalue weighted by atomic mass is 16.6. The minimum absolute atomic E-state index is 0.0116. The van der Waals surface area contributed by atoms with Gasteiger partial charge in [-0.2, -0.15) is 0 Å². The van der Waals surface area contributed by atoms with E-state index in [-0.39, 0.29) is 30.2 Å². The first kappa shape index (κ1) is 19.7. The number of H-pyrrole nitrogens is 2. The first-order valence-corrected chi connectivity index (χ1v) is 9.36. The molecule has 0 saturated carbocycles. The second-order valence-corrected chi connectivity index (χ2v) is 7.04. The van der Waals surface area contributed by atoms with Gasteiger partial charge in [-0.05, 0) is 0 Å². The van der Waals surface area contributed by atoms with Crippen LogP contribution in [0.2, 0.25) is 0 Å². The number of fused-ring (bicyclic) bond motifs is 1. The molecule has 2 fully saturated rings. The summed E-state index contributed by atoms with van der Waals surface area (Å²) >= 11 is 0. The number of aliphatic hydroxyl groups excluding tert-OH is 2. The van der Waals surface area contributed by atoms with E-state index in [0.717, 1.165) is 24.0 Å². The lowest BCUT2D eigenvalue weighted by atomic mass is 10.1. The lowest BCUT2D eigenvalue weighted by Crippen LogP contribution is -2.50. The molecule has 2 aromatic heterocycles. The molecule has 0 radical (unpaired) electrons. The minimum Gasteiger partial charge on any atom is -0.387 e. The summed E-state index contributed by atoms with van der Waals surface area (Å²) in [7, 11) is 0. The molecule has 2 aliphatic heterocycles. The molecule has 4 atom stereocenters. The van der Waals surface area contributed by atoms with Gasteiger partial charge >= 0.3 is 5.69 Å². The number of nitrogens with zero attached hydrogens (tertiary/aromatic N) is 3. The molecule has 2 aliphatic rings. The number of hydrogen-bond donors (Lipinski definition) is 6. The maximum Gasteiger partial charge on any atom is 0.330 e. The van der Waals surface area contributed by atoms with Crippen LogP contribution in [0, 0.1) is 0 Å². The zero-order valence-electron chi connectivity index (χ0n) is 15.5. The number of carbonyl (C=O) groups is 1. The second-order valence-electron chi connectivity index (χ2n) is 7.04. The van der Waals surface area contributed by atoms with Gasteiger partial charge in [0.15, 0.2) is 17.4 Å². The van der Waals surface area contributed by atoms with Crippen molar-refractivity contribution in [2.75, 3.05) is 39.3 Å². The second kappa shape index (κ2) is 8.04. The normalized spacial score (nSPS) is 27.6. The summed E-state index contributed by atoms with van der Waals surface area (Å²) in [6.45, 7) is 2.94. The third-order valence-corrected chi connectivity index (χ3v) is 5.20. The number of rotatable bonds is 5. The molecule has 1 amide bonds. The smallest absolute Gasteiger partial charge is 0.330 e. The van der Waals surface area contributed by atoms with E-state index in [2.05, 4.69) is 25.6 Å². The third-order valence-electron chi connectivity index (χ3n) is 5.20. The maximum absolute atomic E-state index is 12.3. The molecule has 0 aromatic carbocycles. The Kier molecular flexibility index (Phi) is 5.47. The van der Waals surface area contributed by atoms with Crippen LogP contribution >= 0.6 is 0 Å². The van der Waals surface area contributed by atoms with Crippen molar-refractivity contribution in [1.29, 1.82) is 0 Å². The van der Waals surface area contributed by atoms with Crippen molar-refractivity contribution < 1.29 is 19.7 Å². The van der Waals surface area contributed by atoms with Crippen LogP contribution in [-0.4, -0.2) is 98.1 Å². The Hall–Kier alpha value is -2.58. The van der Waals surface area contributed by atoms with Crippen LogP contribution < -0.4 is 21.9 Å². The van der Waals surface area contributed by atoms with Gasteiger partial charge in [0.05, 0.1) is 12.9 Å². The van der Waals surface area contributed by atoms with Gasteiger partial charge in [0.2, 0.25) is 5.91 Å². The summed E-state index contributed by atoms with van der Waals surface area (Å²) in [5.74, 6) is -0.0626. The quantitative estimate of drug-likeness (QED) is 0.288. The molecule has 2 aromatic rings. The van der Waals surface area contributed by atoms with Crippen molar-refractivity contribution in [1.82, 2.24) is 35.1 Å². The predicted octanol–water partition coefficient (Wildman–Crippen LogP) is -3.95. The van der Waals surface area contributed by atoms with Crippen LogP contribution in [0.3, 0.4) is 0 Å². The number of aliphatic hydroxyl groups is 2. The molecule has 0 unspecified atom stereocenters. The van der Waals surface area contributed by atoms with Crippen LogP contribution in [0.15, 0.2) is 15.9 Å². The summed E-state index contributed by atoms with van der Waals surface area (Å²) in [4.78, 5) is 46.7. The van der Waals surface area contributed by atoms with Gasteiger partial charge in [0.1, 0.15) is 18.3 Å². The van der Waals surface area contributed by atoms with Crippen LogP contribution in [0.1, 0.15) is 6.23 Å². The fourth-order valence-electron chi connectivity index (χ4n) is 3.64. The molecule has 0 bridgehead atoms. The molecule has 13 heteroatoms. The summed E-state index contributed by atoms with van der Waals surface area (Å²) < 4.78 is 6.68. The van der Waals surface area contributed by atoms with Gasteiger partial charge in [0, 0.05) is 32.7 Å². The van der Waals surface area contributed by atoms with Crippen LogP contribution in [-0.2, 0) is 9.53 Å². The number of aromatic amines is 2. The van der Waals surface area contributed by atoms with Gasteiger partial charge in [-0.25, -0.2) is 14.3 Å². The Morgan fingerprint density at radius 3 is 2.79 bits per heavy atom. The highest BCUT2D eigenvalue weighted by Gasteiger charge is 2.45. The lowest BCUT2D eigenvalue weighted by molar-refractivity contribution is -0.130. The maximum atomic E-state index is 12.3. The van der Waals surface area contributed by atoms with Gasteiger partial charge in [-0.1, -0.05) is 0 Å². The van der Waals surface area contributed by atoms with Crippen LogP contribution in [0.25, 0.3) is 11.2 Å². The van der Waals surface area contributed by atoms with Crippen molar-refractivity contribution >= 4 is 17.1 Å². The fraction of sp³-hybridized carbons (Fsp3) is 0.625. The molecular formula is C16H23N7O6. The molecule has 0 spiro atoms.